The van der Waals surface area contributed by atoms with E-state index in [2.05, 4.69) is 38.8 Å². The molecule has 1 N–H and O–H groups in total. The van der Waals surface area contributed by atoms with Gasteiger partial charge in [-0.1, -0.05) is 30.3 Å². The Bertz CT molecular complexity index is 1040. The van der Waals surface area contributed by atoms with Crippen LogP contribution in [0.2, 0.25) is 0 Å². The van der Waals surface area contributed by atoms with Gasteiger partial charge in [-0.2, -0.15) is 0 Å². The Kier molecular flexibility index (Phi) is 8.54. The number of hydrogen-bond acceptors (Lipinski definition) is 5. The molecule has 1 fully saturated rings. The summed E-state index contributed by atoms with van der Waals surface area (Å²) in [6.07, 6.45) is 3.25. The summed E-state index contributed by atoms with van der Waals surface area (Å²) >= 11 is 1.61. The summed E-state index contributed by atoms with van der Waals surface area (Å²) in [4.78, 5) is 31.5. The zero-order valence-corrected chi connectivity index (χ0v) is 21.4. The average Bonchev–Trinajstić information content (AvgIpc) is 2.88. The summed E-state index contributed by atoms with van der Waals surface area (Å²) in [6.45, 7) is 4.58. The van der Waals surface area contributed by atoms with Gasteiger partial charge in [0.2, 0.25) is 0 Å². The van der Waals surface area contributed by atoms with Gasteiger partial charge < -0.3 is 14.5 Å². The van der Waals surface area contributed by atoms with Gasteiger partial charge in [0.1, 0.15) is 23.0 Å². The summed E-state index contributed by atoms with van der Waals surface area (Å²) in [7, 11) is 2.12. The van der Waals surface area contributed by atoms with Crippen LogP contribution in [0.1, 0.15) is 27.9 Å². The van der Waals surface area contributed by atoms with Gasteiger partial charge in [-0.05, 0) is 54.4 Å². The van der Waals surface area contributed by atoms with E-state index in [1.165, 1.54) is 5.57 Å². The molecule has 0 aliphatic carbocycles. The molecule has 2 aliphatic rings. The molecule has 2 heterocycles. The molecule has 2 aliphatic heterocycles. The second-order valence-corrected chi connectivity index (χ2v) is 8.91. The molecule has 0 saturated carbocycles. The van der Waals surface area contributed by atoms with Gasteiger partial charge in [0.15, 0.2) is 0 Å². The highest BCUT2D eigenvalue weighted by atomic mass is 127. The van der Waals surface area contributed by atoms with Crippen LogP contribution < -0.4 is 10.4 Å². The highest BCUT2D eigenvalue weighted by Crippen LogP contribution is 2.27. The van der Waals surface area contributed by atoms with Crippen LogP contribution in [0.15, 0.2) is 54.6 Å². The van der Waals surface area contributed by atoms with Crippen LogP contribution in [0.3, 0.4) is 0 Å². The molecule has 0 unspecified atom stereocenters. The van der Waals surface area contributed by atoms with Gasteiger partial charge in [0, 0.05) is 37.4 Å². The van der Waals surface area contributed by atoms with Crippen LogP contribution >= 0.6 is 23.0 Å². The van der Waals surface area contributed by atoms with Crippen molar-refractivity contribution in [1.82, 2.24) is 15.3 Å². The molecule has 8 nitrogen and oxygen atoms in total. The van der Waals surface area contributed by atoms with Gasteiger partial charge in [-0.25, -0.2) is 13.4 Å². The number of urea groups is 1. The number of nitrogens with one attached hydrogen (secondary N) is 1. The normalized spacial score (nSPS) is 16.6. The van der Waals surface area contributed by atoms with Crippen LogP contribution in [0, 0.1) is 0 Å². The molecule has 0 atom stereocenters. The zero-order valence-electron chi connectivity index (χ0n) is 19.2. The molecule has 3 amide bonds. The van der Waals surface area contributed by atoms with E-state index in [0.717, 1.165) is 36.3 Å². The number of amides is 3. The third kappa shape index (κ3) is 6.15. The number of carbonyl (C=O) groups excluding carboxylic acids is 2. The lowest BCUT2D eigenvalue weighted by atomic mass is 9.99. The number of benzene rings is 2. The molecular formula is C25H29IN4O4. The van der Waals surface area contributed by atoms with E-state index in [1.807, 2.05) is 34.1 Å². The highest BCUT2D eigenvalue weighted by molar-refractivity contribution is 14.1. The Labute approximate surface area is 214 Å². The second-order valence-electron chi connectivity index (χ2n) is 8.47. The number of carbonyl (C=O) groups is 2. The highest BCUT2D eigenvalue weighted by Gasteiger charge is 2.25. The van der Waals surface area contributed by atoms with Crippen molar-refractivity contribution in [2.24, 2.45) is 0 Å². The summed E-state index contributed by atoms with van der Waals surface area (Å²) < 4.78 is 10.1. The molecule has 1 saturated heterocycles. The average molecular weight is 576 g/mol. The minimum absolute atomic E-state index is 0.0436. The largest absolute Gasteiger partial charge is 0.378 e. The van der Waals surface area contributed by atoms with E-state index in [9.17, 15) is 9.59 Å². The Hall–Kier alpha value is -2.47. The van der Waals surface area contributed by atoms with E-state index >= 15 is 0 Å². The predicted molar refractivity (Wildman–Crippen MR) is 140 cm³/mol. The van der Waals surface area contributed by atoms with Gasteiger partial charge >= 0.3 is 6.03 Å². The quantitative estimate of drug-likeness (QED) is 0.418. The second kappa shape index (κ2) is 11.8. The summed E-state index contributed by atoms with van der Waals surface area (Å²) in [5.41, 5.74) is 7.04. The van der Waals surface area contributed by atoms with Crippen molar-refractivity contribution in [3.8, 4) is 0 Å². The Morgan fingerprint density at radius 2 is 1.88 bits per heavy atom. The Balaban J connectivity index is 1.60. The standard InChI is InChI=1S/C25H29IN4O4/c1-28-11-9-20(10-12-28)22-3-2-4-23(17-22)30(25(32)29-13-15-33-16-14-29)18-19-5-7-21(8-6-19)24(31)27-34-26/h2-9,17H,10-16,18H2,1H3,(H,27,31). The minimum atomic E-state index is -0.318. The molecule has 0 spiro atoms. The number of hydrogen-bond donors (Lipinski definition) is 1. The number of likely N-dealkylation sites (N-methyl/N-ethyl adjacent to an activating group) is 1. The lowest BCUT2D eigenvalue weighted by molar-refractivity contribution is 0.0548. The number of anilines is 1. The van der Waals surface area contributed by atoms with Gasteiger partial charge in [-0.15, -0.1) is 0 Å². The molecule has 0 bridgehead atoms. The van der Waals surface area contributed by atoms with Crippen LogP contribution in [0.4, 0.5) is 10.5 Å². The molecule has 34 heavy (non-hydrogen) atoms. The van der Waals surface area contributed by atoms with E-state index in [-0.39, 0.29) is 11.9 Å². The van der Waals surface area contributed by atoms with E-state index in [4.69, 9.17) is 4.74 Å². The topological polar surface area (TPSA) is 74.4 Å². The fourth-order valence-electron chi connectivity index (χ4n) is 4.14. The third-order valence-electron chi connectivity index (χ3n) is 6.14. The monoisotopic (exact) mass is 576 g/mol. The van der Waals surface area contributed by atoms with E-state index in [0.29, 0.717) is 38.4 Å². The molecule has 2 aromatic carbocycles. The van der Waals surface area contributed by atoms with Crippen LogP contribution in [-0.2, 0) is 14.4 Å². The molecule has 4 rings (SSSR count). The molecule has 2 aromatic rings. The van der Waals surface area contributed by atoms with Gasteiger partial charge in [0.05, 0.1) is 19.8 Å². The number of hydroxylamine groups is 1. The maximum Gasteiger partial charge on any atom is 0.324 e. The van der Waals surface area contributed by atoms with Gasteiger partial charge in [-0.3, -0.25) is 9.69 Å². The SMILES string of the molecule is CN1CC=C(c2cccc(N(Cc3ccc(C(=O)NOI)cc3)C(=O)N3CCOCC3)c2)CC1. The fraction of sp³-hybridized carbons (Fsp3) is 0.360. The van der Waals surface area contributed by atoms with Crippen LogP contribution in [0.5, 0.6) is 0 Å². The van der Waals surface area contributed by atoms with Crippen molar-refractivity contribution < 1.29 is 17.5 Å². The lowest BCUT2D eigenvalue weighted by Gasteiger charge is -2.33. The first kappa shape index (κ1) is 24.6. The lowest BCUT2D eigenvalue weighted by Crippen LogP contribution is -2.48. The molecular weight excluding hydrogens is 547 g/mol. The van der Waals surface area contributed by atoms with Crippen molar-refractivity contribution >= 4 is 46.2 Å². The predicted octanol–water partition coefficient (Wildman–Crippen LogP) is 3.88. The zero-order chi connectivity index (χ0) is 23.9. The van der Waals surface area contributed by atoms with E-state index in [1.54, 1.807) is 35.1 Å². The van der Waals surface area contributed by atoms with Crippen LogP contribution in [0.25, 0.3) is 5.57 Å². The number of rotatable bonds is 6. The third-order valence-corrected chi connectivity index (χ3v) is 6.36. The Morgan fingerprint density at radius 3 is 2.56 bits per heavy atom. The molecule has 180 valence electrons. The van der Waals surface area contributed by atoms with Crippen LogP contribution in [-0.4, -0.2) is 68.2 Å². The summed E-state index contributed by atoms with van der Waals surface area (Å²) in [6, 6.07) is 15.4. The van der Waals surface area contributed by atoms with Crippen molar-refractivity contribution in [3.63, 3.8) is 0 Å². The molecule has 0 radical (unpaired) electrons. The first-order valence-electron chi connectivity index (χ1n) is 11.3. The number of halogens is 1. The van der Waals surface area contributed by atoms with E-state index < -0.39 is 0 Å². The minimum Gasteiger partial charge on any atom is -0.378 e. The fourth-order valence-corrected chi connectivity index (χ4v) is 4.34. The van der Waals surface area contributed by atoms with Crippen molar-refractivity contribution in [3.05, 3.63) is 71.3 Å². The maximum absolute atomic E-state index is 13.6. The first-order chi connectivity index (χ1) is 16.5. The molecule has 9 heteroatoms. The summed E-state index contributed by atoms with van der Waals surface area (Å²) in [5.74, 6) is -0.318. The first-order valence-corrected chi connectivity index (χ1v) is 12.2. The Morgan fingerprint density at radius 1 is 1.12 bits per heavy atom. The van der Waals surface area contributed by atoms with Gasteiger partial charge in [0.25, 0.3) is 5.91 Å². The maximum atomic E-state index is 13.6. The molecule has 0 aromatic heterocycles. The van der Waals surface area contributed by atoms with Crippen molar-refractivity contribution in [2.45, 2.75) is 13.0 Å². The van der Waals surface area contributed by atoms with Crippen molar-refractivity contribution in [2.75, 3.05) is 51.3 Å². The number of morpholine rings is 1. The summed E-state index contributed by atoms with van der Waals surface area (Å²) in [5, 5.41) is 0. The number of ether oxygens (including phenoxy) is 1. The number of nitrogens with zero attached hydrogens (tertiary/aromatic N) is 3. The smallest absolute Gasteiger partial charge is 0.324 e. The van der Waals surface area contributed by atoms with Crippen molar-refractivity contribution in [1.29, 1.82) is 0 Å².